The van der Waals surface area contributed by atoms with Gasteiger partial charge in [0, 0.05) is 5.75 Å². The molecular weight excluding hydrogens is 316 g/mol. The van der Waals surface area contributed by atoms with Crippen molar-refractivity contribution in [1.82, 2.24) is 0 Å². The Labute approximate surface area is 142 Å². The van der Waals surface area contributed by atoms with Crippen LogP contribution in [-0.2, 0) is 9.47 Å². The van der Waals surface area contributed by atoms with Crippen molar-refractivity contribution in [2.45, 2.75) is 40.7 Å². The molecule has 1 aromatic carbocycles. The molecule has 1 aromatic rings. The van der Waals surface area contributed by atoms with Crippen LogP contribution in [0.3, 0.4) is 0 Å². The number of rotatable bonds is 5. The second kappa shape index (κ2) is 8.24. The van der Waals surface area contributed by atoms with E-state index < -0.39 is 12.1 Å². The molecule has 1 atom stereocenters. The van der Waals surface area contributed by atoms with Crippen molar-refractivity contribution in [3.05, 3.63) is 29.3 Å². The maximum absolute atomic E-state index is 12.3. The summed E-state index contributed by atoms with van der Waals surface area (Å²) in [6.45, 7) is 9.64. The summed E-state index contributed by atoms with van der Waals surface area (Å²) in [6.07, 6.45) is -1.07. The first-order valence-corrected chi connectivity index (χ1v) is 8.09. The molecule has 0 aromatic heterocycles. The van der Waals surface area contributed by atoms with Crippen LogP contribution < -0.4 is 4.74 Å². The quantitative estimate of drug-likeness (QED) is 0.498. The van der Waals surface area contributed by atoms with Crippen LogP contribution in [0, 0.1) is 12.3 Å². The van der Waals surface area contributed by atoms with Crippen molar-refractivity contribution >= 4 is 24.8 Å². The SMILES string of the molecule is CCOC(=O)Oc1ccc(C(=O)OC(CS)C(C)(C)C)cc1C. The molecule has 0 N–H and O–H groups in total. The molecule has 0 saturated carbocycles. The Morgan fingerprint density at radius 3 is 2.39 bits per heavy atom. The number of esters is 1. The minimum Gasteiger partial charge on any atom is -0.457 e. The lowest BCUT2D eigenvalue weighted by Crippen LogP contribution is -2.33. The van der Waals surface area contributed by atoms with Crippen molar-refractivity contribution in [2.24, 2.45) is 5.41 Å². The van der Waals surface area contributed by atoms with Gasteiger partial charge in [0.1, 0.15) is 11.9 Å². The molecule has 0 radical (unpaired) electrons. The molecule has 0 amide bonds. The molecule has 0 aliphatic rings. The molecule has 1 rings (SSSR count). The lowest BCUT2D eigenvalue weighted by atomic mass is 9.90. The van der Waals surface area contributed by atoms with Gasteiger partial charge in [-0.25, -0.2) is 9.59 Å². The van der Waals surface area contributed by atoms with Crippen LogP contribution in [-0.4, -0.2) is 30.6 Å². The van der Waals surface area contributed by atoms with E-state index in [1.54, 1.807) is 32.0 Å². The monoisotopic (exact) mass is 340 g/mol. The molecule has 0 heterocycles. The van der Waals surface area contributed by atoms with E-state index in [0.29, 0.717) is 22.6 Å². The van der Waals surface area contributed by atoms with E-state index in [1.807, 2.05) is 20.8 Å². The Bertz CT molecular complexity index is 563. The Morgan fingerprint density at radius 2 is 1.91 bits per heavy atom. The summed E-state index contributed by atoms with van der Waals surface area (Å²) in [5.74, 6) is 0.365. The fourth-order valence-corrected chi connectivity index (χ4v) is 2.44. The van der Waals surface area contributed by atoms with E-state index in [1.165, 1.54) is 0 Å². The van der Waals surface area contributed by atoms with Crippen LogP contribution in [0.15, 0.2) is 18.2 Å². The summed E-state index contributed by atoms with van der Waals surface area (Å²) in [5, 5.41) is 0. The van der Waals surface area contributed by atoms with Gasteiger partial charge < -0.3 is 14.2 Å². The highest BCUT2D eigenvalue weighted by molar-refractivity contribution is 7.80. The highest BCUT2D eigenvalue weighted by Gasteiger charge is 2.27. The number of hydrogen-bond acceptors (Lipinski definition) is 6. The van der Waals surface area contributed by atoms with Gasteiger partial charge in [0.25, 0.3) is 0 Å². The average Bonchev–Trinajstić information content (AvgIpc) is 2.45. The third kappa shape index (κ3) is 5.78. The molecule has 128 valence electrons. The van der Waals surface area contributed by atoms with E-state index in [2.05, 4.69) is 12.6 Å². The van der Waals surface area contributed by atoms with Crippen molar-refractivity contribution < 1.29 is 23.8 Å². The van der Waals surface area contributed by atoms with Crippen molar-refractivity contribution in [1.29, 1.82) is 0 Å². The Morgan fingerprint density at radius 1 is 1.26 bits per heavy atom. The highest BCUT2D eigenvalue weighted by Crippen LogP contribution is 2.25. The molecule has 0 fully saturated rings. The van der Waals surface area contributed by atoms with E-state index in [0.717, 1.165) is 0 Å². The first-order valence-electron chi connectivity index (χ1n) is 7.46. The van der Waals surface area contributed by atoms with Crippen LogP contribution in [0.25, 0.3) is 0 Å². The van der Waals surface area contributed by atoms with Gasteiger partial charge in [0.2, 0.25) is 0 Å². The van der Waals surface area contributed by atoms with E-state index >= 15 is 0 Å². The standard InChI is InChI=1S/C17H24O5S/c1-6-20-16(19)21-13-8-7-12(9-11(13)2)15(18)22-14(10-23)17(3,4)5/h7-9,14,23H,6,10H2,1-5H3. The minimum absolute atomic E-state index is 0.195. The van der Waals surface area contributed by atoms with Gasteiger partial charge >= 0.3 is 12.1 Å². The normalized spacial score (nSPS) is 12.4. The van der Waals surface area contributed by atoms with Crippen LogP contribution in [0.5, 0.6) is 5.75 Å². The fraction of sp³-hybridized carbons (Fsp3) is 0.529. The first-order chi connectivity index (χ1) is 10.7. The topological polar surface area (TPSA) is 61.8 Å². The Kier molecular flexibility index (Phi) is 6.94. The van der Waals surface area contributed by atoms with Crippen LogP contribution in [0.2, 0.25) is 0 Å². The van der Waals surface area contributed by atoms with E-state index in [9.17, 15) is 9.59 Å². The number of benzene rings is 1. The number of thiol groups is 1. The highest BCUT2D eigenvalue weighted by atomic mass is 32.1. The largest absolute Gasteiger partial charge is 0.513 e. The van der Waals surface area contributed by atoms with Crippen LogP contribution >= 0.6 is 12.6 Å². The van der Waals surface area contributed by atoms with Gasteiger partial charge in [0.05, 0.1) is 12.2 Å². The maximum Gasteiger partial charge on any atom is 0.513 e. The summed E-state index contributed by atoms with van der Waals surface area (Å²) in [7, 11) is 0. The zero-order chi connectivity index (χ0) is 17.6. The smallest absolute Gasteiger partial charge is 0.457 e. The predicted molar refractivity (Wildman–Crippen MR) is 91.3 cm³/mol. The molecular formula is C17H24O5S. The van der Waals surface area contributed by atoms with Gasteiger partial charge in [-0.3, -0.25) is 0 Å². The van der Waals surface area contributed by atoms with Crippen LogP contribution in [0.4, 0.5) is 4.79 Å². The lowest BCUT2D eigenvalue weighted by Gasteiger charge is -2.29. The molecule has 0 aliphatic carbocycles. The molecule has 0 bridgehead atoms. The van der Waals surface area contributed by atoms with Gasteiger partial charge in [-0.05, 0) is 43.0 Å². The number of hydrogen-bond donors (Lipinski definition) is 1. The van der Waals surface area contributed by atoms with Gasteiger partial charge in [-0.15, -0.1) is 0 Å². The lowest BCUT2D eigenvalue weighted by molar-refractivity contribution is 0.00670. The molecule has 0 aliphatic heterocycles. The van der Waals surface area contributed by atoms with Crippen molar-refractivity contribution in [3.63, 3.8) is 0 Å². The molecule has 23 heavy (non-hydrogen) atoms. The fourth-order valence-electron chi connectivity index (χ4n) is 1.81. The summed E-state index contributed by atoms with van der Waals surface area (Å²) in [6, 6.07) is 4.73. The van der Waals surface area contributed by atoms with Gasteiger partial charge in [-0.1, -0.05) is 20.8 Å². The van der Waals surface area contributed by atoms with E-state index in [4.69, 9.17) is 14.2 Å². The van der Waals surface area contributed by atoms with Gasteiger partial charge in [0.15, 0.2) is 0 Å². The van der Waals surface area contributed by atoms with Crippen LogP contribution in [0.1, 0.15) is 43.6 Å². The second-order valence-corrected chi connectivity index (χ2v) is 6.57. The molecule has 0 saturated heterocycles. The maximum atomic E-state index is 12.3. The molecule has 1 unspecified atom stereocenters. The molecule has 6 heteroatoms. The van der Waals surface area contributed by atoms with E-state index in [-0.39, 0.29) is 18.1 Å². The predicted octanol–water partition coefficient (Wildman–Crippen LogP) is 4.03. The third-order valence-electron chi connectivity index (χ3n) is 3.25. The molecule has 5 nitrogen and oxygen atoms in total. The average molecular weight is 340 g/mol. The molecule has 0 spiro atoms. The first kappa shape index (κ1) is 19.4. The number of ether oxygens (including phenoxy) is 3. The minimum atomic E-state index is -0.770. The number of aryl methyl sites for hydroxylation is 1. The summed E-state index contributed by atoms with van der Waals surface area (Å²) < 4.78 is 15.3. The summed E-state index contributed by atoms with van der Waals surface area (Å²) in [5.41, 5.74) is 0.847. The Balaban J connectivity index is 2.84. The van der Waals surface area contributed by atoms with Crippen molar-refractivity contribution in [2.75, 3.05) is 12.4 Å². The zero-order valence-electron chi connectivity index (χ0n) is 14.2. The number of carbonyl (C=O) groups is 2. The zero-order valence-corrected chi connectivity index (χ0v) is 15.1. The Hall–Kier alpha value is -1.69. The van der Waals surface area contributed by atoms with Gasteiger partial charge in [-0.2, -0.15) is 12.6 Å². The number of carbonyl (C=O) groups excluding carboxylic acids is 2. The summed E-state index contributed by atoms with van der Waals surface area (Å²) in [4.78, 5) is 23.6. The summed E-state index contributed by atoms with van der Waals surface area (Å²) >= 11 is 4.24. The third-order valence-corrected chi connectivity index (χ3v) is 3.58. The second-order valence-electron chi connectivity index (χ2n) is 6.21. The van der Waals surface area contributed by atoms with Crippen molar-refractivity contribution in [3.8, 4) is 5.75 Å².